The maximum atomic E-state index is 12.9. The van der Waals surface area contributed by atoms with Gasteiger partial charge in [0.15, 0.2) is 0 Å². The minimum Gasteiger partial charge on any atom is -0.497 e. The number of carbonyl (C=O) groups is 1. The van der Waals surface area contributed by atoms with Crippen LogP contribution in [-0.4, -0.2) is 13.0 Å². The number of nitriles is 2. The molecule has 4 rings (SSSR count). The van der Waals surface area contributed by atoms with E-state index in [0.717, 1.165) is 16.3 Å². The van der Waals surface area contributed by atoms with E-state index >= 15 is 0 Å². The molecule has 35 heavy (non-hydrogen) atoms. The molecule has 6 heteroatoms. The molecule has 1 N–H and O–H groups in total. The van der Waals surface area contributed by atoms with E-state index < -0.39 is 5.91 Å². The third-order valence-electron chi connectivity index (χ3n) is 5.43. The fourth-order valence-electron chi connectivity index (χ4n) is 3.65. The zero-order valence-electron chi connectivity index (χ0n) is 19.0. The number of methoxy groups -OCH3 is 1. The van der Waals surface area contributed by atoms with Crippen LogP contribution in [0.15, 0.2) is 90.5 Å². The summed E-state index contributed by atoms with van der Waals surface area (Å²) in [7, 11) is 1.54. The van der Waals surface area contributed by atoms with E-state index in [4.69, 9.17) is 9.47 Å². The largest absolute Gasteiger partial charge is 0.497 e. The van der Waals surface area contributed by atoms with E-state index in [1.54, 1.807) is 49.6 Å². The Balaban J connectivity index is 1.70. The lowest BCUT2D eigenvalue weighted by molar-refractivity contribution is -0.112. The van der Waals surface area contributed by atoms with Crippen molar-refractivity contribution in [3.8, 4) is 23.6 Å². The van der Waals surface area contributed by atoms with Crippen LogP contribution in [0.1, 0.15) is 16.7 Å². The Morgan fingerprint density at radius 2 is 1.77 bits per heavy atom. The van der Waals surface area contributed by atoms with Gasteiger partial charge in [0.25, 0.3) is 5.91 Å². The topological polar surface area (TPSA) is 95.1 Å². The Bertz CT molecular complexity index is 1510. The van der Waals surface area contributed by atoms with Crippen molar-refractivity contribution in [1.29, 1.82) is 10.5 Å². The number of carbonyl (C=O) groups excluding carboxylic acids is 1. The van der Waals surface area contributed by atoms with Crippen molar-refractivity contribution in [2.75, 3.05) is 12.4 Å². The van der Waals surface area contributed by atoms with Crippen molar-refractivity contribution in [3.05, 3.63) is 107 Å². The van der Waals surface area contributed by atoms with Crippen LogP contribution in [-0.2, 0) is 11.4 Å². The number of rotatable bonds is 7. The third kappa shape index (κ3) is 5.30. The first-order valence-corrected chi connectivity index (χ1v) is 10.8. The highest BCUT2D eigenvalue weighted by molar-refractivity contribution is 6.11. The van der Waals surface area contributed by atoms with Crippen molar-refractivity contribution in [3.63, 3.8) is 0 Å². The lowest BCUT2D eigenvalue weighted by Crippen LogP contribution is -2.13. The number of nitrogens with zero attached hydrogens (tertiary/aromatic N) is 2. The Kier molecular flexibility index (Phi) is 7.06. The minimum absolute atomic E-state index is 0.0774. The summed E-state index contributed by atoms with van der Waals surface area (Å²) in [6.07, 6.45) is 1.53. The normalized spacial score (nSPS) is 10.8. The van der Waals surface area contributed by atoms with Crippen LogP contribution in [0, 0.1) is 22.7 Å². The molecule has 170 valence electrons. The summed E-state index contributed by atoms with van der Waals surface area (Å²) in [5.41, 5.74) is 2.31. The van der Waals surface area contributed by atoms with Crippen LogP contribution < -0.4 is 14.8 Å². The van der Waals surface area contributed by atoms with Crippen molar-refractivity contribution in [2.24, 2.45) is 0 Å². The highest BCUT2D eigenvalue weighted by Gasteiger charge is 2.15. The first-order chi connectivity index (χ1) is 17.1. The minimum atomic E-state index is -0.547. The standard InChI is InChI=1S/C29H21N3O3/c1-34-25-11-6-10-24(16-25)32-29(33)23(18-31)15-27-26-12-5-4-7-20(26)13-14-28(27)35-19-22-9-3-2-8-21(22)17-30/h2-16H,19H2,1H3,(H,32,33)/b23-15+. The van der Waals surface area contributed by atoms with Gasteiger partial charge in [0.1, 0.15) is 29.7 Å². The number of anilines is 1. The molecule has 4 aromatic rings. The number of nitrogens with one attached hydrogen (secondary N) is 1. The lowest BCUT2D eigenvalue weighted by atomic mass is 10.0. The van der Waals surface area contributed by atoms with Crippen molar-refractivity contribution >= 4 is 28.4 Å². The average molecular weight is 460 g/mol. The lowest BCUT2D eigenvalue weighted by Gasteiger charge is -2.13. The third-order valence-corrected chi connectivity index (χ3v) is 5.43. The van der Waals surface area contributed by atoms with Gasteiger partial charge in [-0.2, -0.15) is 10.5 Å². The predicted molar refractivity (Wildman–Crippen MR) is 135 cm³/mol. The van der Waals surface area contributed by atoms with Crippen LogP contribution >= 0.6 is 0 Å². The van der Waals surface area contributed by atoms with Gasteiger partial charge in [-0.1, -0.05) is 54.6 Å². The predicted octanol–water partition coefficient (Wildman–Crippen LogP) is 5.84. The summed E-state index contributed by atoms with van der Waals surface area (Å²) in [6.45, 7) is 0.167. The van der Waals surface area contributed by atoms with E-state index in [1.165, 1.54) is 6.08 Å². The van der Waals surface area contributed by atoms with Gasteiger partial charge in [-0.05, 0) is 41.1 Å². The molecule has 0 spiro atoms. The molecule has 0 atom stereocenters. The van der Waals surface area contributed by atoms with Gasteiger partial charge in [0.05, 0.1) is 18.7 Å². The maximum absolute atomic E-state index is 12.9. The molecule has 0 aliphatic rings. The second-order valence-corrected chi connectivity index (χ2v) is 7.61. The molecular weight excluding hydrogens is 438 g/mol. The monoisotopic (exact) mass is 459 g/mol. The number of hydrogen-bond donors (Lipinski definition) is 1. The zero-order chi connectivity index (χ0) is 24.6. The summed E-state index contributed by atoms with van der Waals surface area (Å²) in [5.74, 6) is 0.542. The molecule has 0 saturated carbocycles. The molecule has 0 radical (unpaired) electrons. The highest BCUT2D eigenvalue weighted by Crippen LogP contribution is 2.31. The number of benzene rings is 4. The molecule has 0 unspecified atom stereocenters. The molecule has 0 aliphatic heterocycles. The molecule has 0 heterocycles. The number of fused-ring (bicyclic) bond motifs is 1. The van der Waals surface area contributed by atoms with E-state index in [1.807, 2.05) is 48.5 Å². The van der Waals surface area contributed by atoms with E-state index in [2.05, 4.69) is 11.4 Å². The van der Waals surface area contributed by atoms with Crippen LogP contribution in [0.3, 0.4) is 0 Å². The number of amides is 1. The molecule has 0 saturated heterocycles. The van der Waals surface area contributed by atoms with Crippen molar-refractivity contribution in [1.82, 2.24) is 0 Å². The smallest absolute Gasteiger partial charge is 0.266 e. The summed E-state index contributed by atoms with van der Waals surface area (Å²) >= 11 is 0. The highest BCUT2D eigenvalue weighted by atomic mass is 16.5. The fraction of sp³-hybridized carbons (Fsp3) is 0.0690. The van der Waals surface area contributed by atoms with Gasteiger partial charge in [-0.15, -0.1) is 0 Å². The Hall–Kier alpha value is -5.07. The maximum Gasteiger partial charge on any atom is 0.266 e. The fourth-order valence-corrected chi connectivity index (χ4v) is 3.65. The number of hydrogen-bond acceptors (Lipinski definition) is 5. The summed E-state index contributed by atoms with van der Waals surface area (Å²) in [6, 6.07) is 29.7. The summed E-state index contributed by atoms with van der Waals surface area (Å²) in [4.78, 5) is 12.9. The Morgan fingerprint density at radius 3 is 2.57 bits per heavy atom. The summed E-state index contributed by atoms with van der Waals surface area (Å²) in [5, 5.41) is 23.7. The van der Waals surface area contributed by atoms with E-state index in [9.17, 15) is 15.3 Å². The van der Waals surface area contributed by atoms with Crippen molar-refractivity contribution < 1.29 is 14.3 Å². The molecule has 0 bridgehead atoms. The molecule has 6 nitrogen and oxygen atoms in total. The van der Waals surface area contributed by atoms with Gasteiger partial charge in [0.2, 0.25) is 0 Å². The molecule has 0 aromatic heterocycles. The van der Waals surface area contributed by atoms with E-state index in [0.29, 0.717) is 28.3 Å². The molecule has 1 amide bonds. The van der Waals surface area contributed by atoms with Gasteiger partial charge in [-0.25, -0.2) is 0 Å². The van der Waals surface area contributed by atoms with E-state index in [-0.39, 0.29) is 12.2 Å². The van der Waals surface area contributed by atoms with Crippen molar-refractivity contribution in [2.45, 2.75) is 6.61 Å². The molecule has 0 fully saturated rings. The second-order valence-electron chi connectivity index (χ2n) is 7.61. The van der Waals surface area contributed by atoms with Gasteiger partial charge in [-0.3, -0.25) is 4.79 Å². The van der Waals surface area contributed by atoms with Crippen LogP contribution in [0.4, 0.5) is 5.69 Å². The summed E-state index contributed by atoms with van der Waals surface area (Å²) < 4.78 is 11.3. The average Bonchev–Trinajstić information content (AvgIpc) is 2.90. The van der Waals surface area contributed by atoms with Gasteiger partial charge in [0, 0.05) is 22.9 Å². The second kappa shape index (κ2) is 10.7. The van der Waals surface area contributed by atoms with Gasteiger partial charge < -0.3 is 14.8 Å². The number of ether oxygens (including phenoxy) is 2. The van der Waals surface area contributed by atoms with Crippen LogP contribution in [0.5, 0.6) is 11.5 Å². The first-order valence-electron chi connectivity index (χ1n) is 10.8. The van der Waals surface area contributed by atoms with Gasteiger partial charge >= 0.3 is 0 Å². The van der Waals surface area contributed by atoms with Crippen LogP contribution in [0.25, 0.3) is 16.8 Å². The Morgan fingerprint density at radius 1 is 0.971 bits per heavy atom. The molecule has 4 aromatic carbocycles. The first kappa shape index (κ1) is 23.1. The van der Waals surface area contributed by atoms with Crippen LogP contribution in [0.2, 0.25) is 0 Å². The molecule has 0 aliphatic carbocycles. The zero-order valence-corrected chi connectivity index (χ0v) is 19.0. The molecular formula is C29H21N3O3. The Labute approximate surface area is 203 Å². The SMILES string of the molecule is COc1cccc(NC(=O)/C(C#N)=C/c2c(OCc3ccccc3C#N)ccc3ccccc23)c1. The quantitative estimate of drug-likeness (QED) is 0.276.